The first kappa shape index (κ1) is 17.2. The van der Waals surface area contributed by atoms with Crippen molar-refractivity contribution in [1.82, 2.24) is 9.62 Å². The van der Waals surface area contributed by atoms with Crippen LogP contribution in [0.25, 0.3) is 11.1 Å². The number of thiophene rings is 1. The molecule has 0 atom stereocenters. The van der Waals surface area contributed by atoms with Crippen LogP contribution >= 0.6 is 11.3 Å². The van der Waals surface area contributed by atoms with Gasteiger partial charge >= 0.3 is 0 Å². The first-order valence-corrected chi connectivity index (χ1v) is 10.5. The maximum Gasteiger partial charge on any atom is 0.223 e. The van der Waals surface area contributed by atoms with E-state index in [0.717, 1.165) is 16.0 Å². The Morgan fingerprint density at radius 3 is 2.75 bits per heavy atom. The number of nitrogens with one attached hydrogen (secondary N) is 1. The molecule has 1 N–H and O–H groups in total. The summed E-state index contributed by atoms with van der Waals surface area (Å²) in [7, 11) is -3.15. The fourth-order valence-electron chi connectivity index (χ4n) is 2.82. The van der Waals surface area contributed by atoms with Gasteiger partial charge in [0.2, 0.25) is 15.9 Å². The van der Waals surface area contributed by atoms with Crippen molar-refractivity contribution >= 4 is 27.3 Å². The van der Waals surface area contributed by atoms with Gasteiger partial charge in [-0.3, -0.25) is 4.79 Å². The monoisotopic (exact) mass is 368 g/mol. The third-order valence-electron chi connectivity index (χ3n) is 4.24. The van der Waals surface area contributed by atoms with Crippen molar-refractivity contribution < 1.29 is 17.6 Å². The lowest BCUT2D eigenvalue weighted by molar-refractivity contribution is -0.126. The van der Waals surface area contributed by atoms with Crippen LogP contribution in [0.1, 0.15) is 17.7 Å². The summed E-state index contributed by atoms with van der Waals surface area (Å²) in [6.07, 6.45) is 5.69. The number of piperidine rings is 1. The number of furan rings is 1. The molecule has 1 fully saturated rings. The molecule has 1 saturated heterocycles. The van der Waals surface area contributed by atoms with Gasteiger partial charge in [-0.15, -0.1) is 11.3 Å². The van der Waals surface area contributed by atoms with E-state index < -0.39 is 10.0 Å². The van der Waals surface area contributed by atoms with Crippen LogP contribution in [-0.4, -0.2) is 38.0 Å². The average molecular weight is 368 g/mol. The van der Waals surface area contributed by atoms with Crippen LogP contribution < -0.4 is 5.32 Å². The van der Waals surface area contributed by atoms with Gasteiger partial charge in [-0.1, -0.05) is 0 Å². The molecule has 130 valence electrons. The molecule has 2 aromatic heterocycles. The van der Waals surface area contributed by atoms with Crippen LogP contribution in [0.2, 0.25) is 0 Å². The zero-order chi connectivity index (χ0) is 17.2. The lowest BCUT2D eigenvalue weighted by atomic mass is 9.97. The number of carbonyl (C=O) groups excluding carboxylic acids is 1. The molecule has 0 spiro atoms. The van der Waals surface area contributed by atoms with Gasteiger partial charge in [-0.2, -0.15) is 0 Å². The van der Waals surface area contributed by atoms with Crippen LogP contribution in [0.4, 0.5) is 0 Å². The van der Waals surface area contributed by atoms with Crippen molar-refractivity contribution in [2.24, 2.45) is 5.92 Å². The van der Waals surface area contributed by atoms with E-state index in [1.807, 2.05) is 17.5 Å². The molecule has 3 rings (SSSR count). The van der Waals surface area contributed by atoms with E-state index in [-0.39, 0.29) is 11.8 Å². The molecule has 0 radical (unpaired) electrons. The van der Waals surface area contributed by atoms with Crippen molar-refractivity contribution in [3.63, 3.8) is 0 Å². The highest BCUT2D eigenvalue weighted by Gasteiger charge is 2.28. The number of hydrogen-bond acceptors (Lipinski definition) is 5. The average Bonchev–Trinajstić information content (AvgIpc) is 3.23. The van der Waals surface area contributed by atoms with Gasteiger partial charge in [0.05, 0.1) is 25.3 Å². The highest BCUT2D eigenvalue weighted by Crippen LogP contribution is 2.26. The Bertz CT molecular complexity index is 788. The van der Waals surface area contributed by atoms with E-state index in [4.69, 9.17) is 4.42 Å². The van der Waals surface area contributed by atoms with E-state index in [1.54, 1.807) is 23.9 Å². The number of nitrogens with zero attached hydrogens (tertiary/aromatic N) is 1. The molecule has 1 aliphatic rings. The molecule has 1 aliphatic heterocycles. The fraction of sp³-hybridized carbons (Fsp3) is 0.438. The lowest BCUT2D eigenvalue weighted by Crippen LogP contribution is -2.42. The molecular formula is C16H20N2O4S2. The summed E-state index contributed by atoms with van der Waals surface area (Å²) in [5.41, 5.74) is 2.11. The predicted molar refractivity (Wildman–Crippen MR) is 93.0 cm³/mol. The number of carbonyl (C=O) groups is 1. The van der Waals surface area contributed by atoms with E-state index in [2.05, 4.69) is 5.32 Å². The van der Waals surface area contributed by atoms with Gasteiger partial charge < -0.3 is 9.73 Å². The summed E-state index contributed by atoms with van der Waals surface area (Å²) in [6.45, 7) is 1.33. The van der Waals surface area contributed by atoms with Gasteiger partial charge in [0.1, 0.15) is 0 Å². The second-order valence-corrected chi connectivity index (χ2v) is 8.95. The summed E-state index contributed by atoms with van der Waals surface area (Å²) in [6, 6.07) is 3.95. The van der Waals surface area contributed by atoms with Gasteiger partial charge in [0, 0.05) is 29.4 Å². The molecule has 0 unspecified atom stereocenters. The molecule has 8 heteroatoms. The van der Waals surface area contributed by atoms with E-state index in [0.29, 0.717) is 32.5 Å². The van der Waals surface area contributed by atoms with Crippen molar-refractivity contribution in [2.45, 2.75) is 19.4 Å². The van der Waals surface area contributed by atoms with Gasteiger partial charge in [-0.25, -0.2) is 12.7 Å². The number of sulfonamides is 1. The van der Waals surface area contributed by atoms with Crippen LogP contribution in [0.3, 0.4) is 0 Å². The minimum atomic E-state index is -3.15. The van der Waals surface area contributed by atoms with E-state index in [1.165, 1.54) is 10.6 Å². The maximum atomic E-state index is 12.3. The summed E-state index contributed by atoms with van der Waals surface area (Å²) in [5, 5.41) is 5.00. The van der Waals surface area contributed by atoms with E-state index >= 15 is 0 Å². The number of rotatable bonds is 5. The van der Waals surface area contributed by atoms with Crippen molar-refractivity contribution in [3.05, 3.63) is 34.9 Å². The summed E-state index contributed by atoms with van der Waals surface area (Å²) >= 11 is 1.60. The number of amides is 1. The topological polar surface area (TPSA) is 79.6 Å². The zero-order valence-corrected chi connectivity index (χ0v) is 15.0. The molecule has 3 heterocycles. The number of hydrogen-bond donors (Lipinski definition) is 1. The minimum absolute atomic E-state index is 0.00131. The smallest absolute Gasteiger partial charge is 0.223 e. The first-order chi connectivity index (χ1) is 11.4. The molecule has 0 aliphatic carbocycles. The second-order valence-electron chi connectivity index (χ2n) is 5.97. The molecule has 2 aromatic rings. The van der Waals surface area contributed by atoms with Crippen LogP contribution in [0, 0.1) is 5.92 Å². The molecule has 24 heavy (non-hydrogen) atoms. The van der Waals surface area contributed by atoms with Gasteiger partial charge in [0.15, 0.2) is 0 Å². The third kappa shape index (κ3) is 4.06. The molecule has 0 aromatic carbocycles. The Hall–Kier alpha value is -1.64. The Balaban J connectivity index is 1.50. The van der Waals surface area contributed by atoms with Gasteiger partial charge in [-0.05, 0) is 35.9 Å². The Morgan fingerprint density at radius 2 is 2.12 bits per heavy atom. The second kappa shape index (κ2) is 7.08. The fourth-order valence-corrected chi connectivity index (χ4v) is 4.53. The van der Waals surface area contributed by atoms with Crippen molar-refractivity contribution in [1.29, 1.82) is 0 Å². The summed E-state index contributed by atoms with van der Waals surface area (Å²) < 4.78 is 29.5. The van der Waals surface area contributed by atoms with Gasteiger partial charge in [0.25, 0.3) is 0 Å². The predicted octanol–water partition coefficient (Wildman–Crippen LogP) is 2.30. The van der Waals surface area contributed by atoms with Crippen molar-refractivity contribution in [2.75, 3.05) is 19.3 Å². The lowest BCUT2D eigenvalue weighted by Gasteiger charge is -2.29. The van der Waals surface area contributed by atoms with E-state index in [9.17, 15) is 13.2 Å². The molecule has 0 saturated carbocycles. The minimum Gasteiger partial charge on any atom is -0.472 e. The highest BCUT2D eigenvalue weighted by atomic mass is 32.2. The highest BCUT2D eigenvalue weighted by molar-refractivity contribution is 7.88. The molecule has 1 amide bonds. The normalized spacial score (nSPS) is 17.0. The Morgan fingerprint density at radius 1 is 1.38 bits per heavy atom. The molecular weight excluding hydrogens is 348 g/mol. The Kier molecular flexibility index (Phi) is 5.07. The maximum absolute atomic E-state index is 12.3. The largest absolute Gasteiger partial charge is 0.472 e. The van der Waals surface area contributed by atoms with Crippen LogP contribution in [0.15, 0.2) is 34.5 Å². The quantitative estimate of drug-likeness (QED) is 0.878. The first-order valence-electron chi connectivity index (χ1n) is 7.76. The van der Waals surface area contributed by atoms with Crippen molar-refractivity contribution in [3.8, 4) is 11.1 Å². The zero-order valence-electron chi connectivity index (χ0n) is 13.4. The van der Waals surface area contributed by atoms with Crippen LogP contribution in [0.5, 0.6) is 0 Å². The summed E-state index contributed by atoms with van der Waals surface area (Å²) in [5.74, 6) is -0.113. The Labute approximate surface area is 145 Å². The standard InChI is InChI=1S/C16H20N2O4S2/c1-24(20,21)18-5-2-12(3-6-18)16(19)17-9-15-8-14(11-23-15)13-4-7-22-10-13/h4,7-8,10-12H,2-3,5-6,9H2,1H3,(H,17,19). The molecule has 6 nitrogen and oxygen atoms in total. The SMILES string of the molecule is CS(=O)(=O)N1CCC(C(=O)NCc2cc(-c3ccoc3)cs2)CC1. The van der Waals surface area contributed by atoms with Crippen LogP contribution in [-0.2, 0) is 21.4 Å². The summed E-state index contributed by atoms with van der Waals surface area (Å²) in [4.78, 5) is 13.4. The molecule has 0 bridgehead atoms. The third-order valence-corrected chi connectivity index (χ3v) is 6.48.